The molecule has 1 aromatic carbocycles. The van der Waals surface area contributed by atoms with E-state index in [4.69, 9.17) is 10.7 Å². The molecule has 0 aliphatic carbocycles. The van der Waals surface area contributed by atoms with Gasteiger partial charge in [-0.1, -0.05) is 0 Å². The first-order valence-corrected chi connectivity index (χ1v) is 7.04. The minimum absolute atomic E-state index is 0.777. The van der Waals surface area contributed by atoms with Crippen LogP contribution in [0.25, 0.3) is 10.9 Å². The highest BCUT2D eigenvalue weighted by Crippen LogP contribution is 2.33. The number of nitrogen functional groups attached to an aromatic ring is 1. The molecule has 1 aromatic heterocycles. The average Bonchev–Trinajstić information content (AvgIpc) is 2.59. The molecule has 2 heterocycles. The highest BCUT2D eigenvalue weighted by Gasteiger charge is 2.16. The van der Waals surface area contributed by atoms with Gasteiger partial charge in [-0.25, -0.2) is 0 Å². The topological polar surface area (TPSA) is 50.9 Å². The molecule has 3 nitrogen and oxygen atoms in total. The fourth-order valence-electron chi connectivity index (χ4n) is 2.70. The number of anilines is 1. The van der Waals surface area contributed by atoms with Crippen LogP contribution < -0.4 is 11.1 Å². The van der Waals surface area contributed by atoms with E-state index in [-0.39, 0.29) is 0 Å². The van der Waals surface area contributed by atoms with Crippen molar-refractivity contribution in [3.8, 4) is 0 Å². The van der Waals surface area contributed by atoms with Gasteiger partial charge in [0.1, 0.15) is 0 Å². The lowest BCUT2D eigenvalue weighted by atomic mass is 9.98. The average molecular weight is 306 g/mol. The third kappa shape index (κ3) is 1.80. The zero-order valence-corrected chi connectivity index (χ0v) is 12.0. The lowest BCUT2D eigenvalue weighted by Gasteiger charge is -2.14. The van der Waals surface area contributed by atoms with Gasteiger partial charge in [0.05, 0.1) is 9.99 Å². The quantitative estimate of drug-likeness (QED) is 0.736. The van der Waals surface area contributed by atoms with E-state index in [1.54, 1.807) is 0 Å². The number of fused-ring (bicyclic) bond motifs is 2. The summed E-state index contributed by atoms with van der Waals surface area (Å²) in [6.45, 7) is 4.22. The standard InChI is InChI=1S/C14H16BrN3/c1-8-9-4-6-17-7-5-11(9)18-12-3-2-10(16)14(15)13(8)12/h2-3,17H,4-7,16H2,1H3. The van der Waals surface area contributed by atoms with Gasteiger partial charge in [0.2, 0.25) is 0 Å². The molecule has 4 heteroatoms. The third-order valence-electron chi connectivity index (χ3n) is 3.67. The number of aromatic nitrogens is 1. The molecule has 2 aromatic rings. The van der Waals surface area contributed by atoms with E-state index < -0.39 is 0 Å². The number of halogens is 1. The van der Waals surface area contributed by atoms with Gasteiger partial charge in [-0.05, 0) is 59.1 Å². The molecule has 1 aliphatic heterocycles. The summed E-state index contributed by atoms with van der Waals surface area (Å²) in [7, 11) is 0. The van der Waals surface area contributed by atoms with E-state index in [1.165, 1.54) is 16.8 Å². The molecular formula is C14H16BrN3. The highest BCUT2D eigenvalue weighted by molar-refractivity contribution is 9.10. The summed E-state index contributed by atoms with van der Waals surface area (Å²) >= 11 is 3.60. The van der Waals surface area contributed by atoms with Gasteiger partial charge >= 0.3 is 0 Å². The predicted molar refractivity (Wildman–Crippen MR) is 78.9 cm³/mol. The molecule has 18 heavy (non-hydrogen) atoms. The van der Waals surface area contributed by atoms with Crippen LogP contribution in [-0.4, -0.2) is 18.1 Å². The van der Waals surface area contributed by atoms with Gasteiger partial charge in [0.15, 0.2) is 0 Å². The second-order valence-corrected chi connectivity index (χ2v) is 5.57. The van der Waals surface area contributed by atoms with Crippen molar-refractivity contribution in [3.05, 3.63) is 33.4 Å². The number of hydrogen-bond donors (Lipinski definition) is 2. The fraction of sp³-hybridized carbons (Fsp3) is 0.357. The summed E-state index contributed by atoms with van der Waals surface area (Å²) in [6, 6.07) is 3.93. The smallest absolute Gasteiger partial charge is 0.0721 e. The van der Waals surface area contributed by atoms with Crippen LogP contribution in [0, 0.1) is 6.92 Å². The first-order chi connectivity index (χ1) is 8.68. The van der Waals surface area contributed by atoms with Gasteiger partial charge < -0.3 is 11.1 Å². The Hall–Kier alpha value is -1.13. The normalized spacial score (nSPS) is 15.4. The Morgan fingerprint density at radius 2 is 2.06 bits per heavy atom. The third-order valence-corrected chi connectivity index (χ3v) is 4.53. The van der Waals surface area contributed by atoms with Crippen molar-refractivity contribution in [2.75, 3.05) is 18.8 Å². The summed E-state index contributed by atoms with van der Waals surface area (Å²) in [5.74, 6) is 0. The molecule has 0 radical (unpaired) electrons. The summed E-state index contributed by atoms with van der Waals surface area (Å²) in [4.78, 5) is 4.81. The van der Waals surface area contributed by atoms with Crippen LogP contribution in [0.1, 0.15) is 16.8 Å². The van der Waals surface area contributed by atoms with Crippen LogP contribution in [-0.2, 0) is 12.8 Å². The van der Waals surface area contributed by atoms with E-state index >= 15 is 0 Å². The Kier molecular flexibility index (Phi) is 2.99. The highest BCUT2D eigenvalue weighted by atomic mass is 79.9. The molecule has 0 unspecified atom stereocenters. The fourth-order valence-corrected chi connectivity index (χ4v) is 3.33. The van der Waals surface area contributed by atoms with Crippen LogP contribution in [0.3, 0.4) is 0 Å². The minimum Gasteiger partial charge on any atom is -0.398 e. The lowest BCUT2D eigenvalue weighted by Crippen LogP contribution is -2.16. The van der Waals surface area contributed by atoms with E-state index in [1.807, 2.05) is 12.1 Å². The number of nitrogens with two attached hydrogens (primary N) is 1. The van der Waals surface area contributed by atoms with Crippen molar-refractivity contribution < 1.29 is 0 Å². The van der Waals surface area contributed by atoms with E-state index in [9.17, 15) is 0 Å². The van der Waals surface area contributed by atoms with Crippen LogP contribution in [0.4, 0.5) is 5.69 Å². The van der Waals surface area contributed by atoms with Crippen molar-refractivity contribution in [1.82, 2.24) is 10.3 Å². The molecule has 3 N–H and O–H groups in total. The summed E-state index contributed by atoms with van der Waals surface area (Å²) in [5.41, 5.74) is 11.7. The molecule has 0 saturated carbocycles. The molecule has 0 fully saturated rings. The molecule has 0 saturated heterocycles. The zero-order valence-electron chi connectivity index (χ0n) is 10.4. The summed E-state index contributed by atoms with van der Waals surface area (Å²) < 4.78 is 0.977. The van der Waals surface area contributed by atoms with Crippen molar-refractivity contribution in [3.63, 3.8) is 0 Å². The maximum atomic E-state index is 5.97. The molecular weight excluding hydrogens is 290 g/mol. The molecule has 3 rings (SSSR count). The second-order valence-electron chi connectivity index (χ2n) is 4.77. The van der Waals surface area contributed by atoms with Crippen LogP contribution in [0.15, 0.2) is 16.6 Å². The predicted octanol–water partition coefficient (Wildman–Crippen LogP) is 2.58. The van der Waals surface area contributed by atoms with E-state index in [2.05, 4.69) is 28.2 Å². The number of nitrogens with zero attached hydrogens (tertiary/aromatic N) is 1. The maximum Gasteiger partial charge on any atom is 0.0721 e. The summed E-state index contributed by atoms with van der Waals surface area (Å²) in [6.07, 6.45) is 2.06. The van der Waals surface area contributed by atoms with Crippen molar-refractivity contribution >= 4 is 32.5 Å². The first-order valence-electron chi connectivity index (χ1n) is 6.25. The number of hydrogen-bond acceptors (Lipinski definition) is 3. The van der Waals surface area contributed by atoms with Gasteiger partial charge in [0.25, 0.3) is 0 Å². The molecule has 0 amide bonds. The number of nitrogens with one attached hydrogen (secondary N) is 1. The SMILES string of the molecule is Cc1c2c(nc3ccc(N)c(Br)c13)CCNCC2. The van der Waals surface area contributed by atoms with E-state index in [0.717, 1.165) is 47.0 Å². The molecule has 0 atom stereocenters. The summed E-state index contributed by atoms with van der Waals surface area (Å²) in [5, 5.41) is 4.59. The first kappa shape index (κ1) is 11.9. The van der Waals surface area contributed by atoms with Crippen LogP contribution in [0.5, 0.6) is 0 Å². The minimum atomic E-state index is 0.777. The Bertz CT molecular complexity index is 622. The van der Waals surface area contributed by atoms with Crippen LogP contribution >= 0.6 is 15.9 Å². The Balaban J connectivity index is 2.35. The lowest BCUT2D eigenvalue weighted by molar-refractivity contribution is 0.708. The van der Waals surface area contributed by atoms with Crippen molar-refractivity contribution in [1.29, 1.82) is 0 Å². The van der Waals surface area contributed by atoms with Gasteiger partial charge in [-0.3, -0.25) is 4.98 Å². The molecule has 0 bridgehead atoms. The number of aryl methyl sites for hydroxylation is 1. The number of rotatable bonds is 0. The largest absolute Gasteiger partial charge is 0.398 e. The Morgan fingerprint density at radius 1 is 1.28 bits per heavy atom. The molecule has 1 aliphatic rings. The number of benzene rings is 1. The van der Waals surface area contributed by atoms with Crippen LogP contribution in [0.2, 0.25) is 0 Å². The van der Waals surface area contributed by atoms with Gasteiger partial charge in [-0.15, -0.1) is 0 Å². The van der Waals surface area contributed by atoms with E-state index in [0.29, 0.717) is 0 Å². The Labute approximate surface area is 115 Å². The number of pyridine rings is 1. The van der Waals surface area contributed by atoms with Crippen molar-refractivity contribution in [2.24, 2.45) is 0 Å². The monoisotopic (exact) mass is 305 g/mol. The van der Waals surface area contributed by atoms with Gasteiger partial charge in [-0.2, -0.15) is 0 Å². The second kappa shape index (κ2) is 4.52. The van der Waals surface area contributed by atoms with Gasteiger partial charge in [0, 0.05) is 29.7 Å². The Morgan fingerprint density at radius 3 is 2.89 bits per heavy atom. The molecule has 0 spiro atoms. The molecule has 94 valence electrons. The van der Waals surface area contributed by atoms with Crippen molar-refractivity contribution in [2.45, 2.75) is 19.8 Å². The zero-order chi connectivity index (χ0) is 12.7. The maximum absolute atomic E-state index is 5.97.